The maximum atomic E-state index is 12.9. The number of hydrogen-bond acceptors (Lipinski definition) is 5. The number of nitrogens with zero attached hydrogens (tertiary/aromatic N) is 1. The second-order valence-electron chi connectivity index (χ2n) is 6.88. The summed E-state index contributed by atoms with van der Waals surface area (Å²) in [6.45, 7) is 2.70. The molecule has 2 atom stereocenters. The van der Waals surface area contributed by atoms with Crippen molar-refractivity contribution in [2.45, 2.75) is 36.4 Å². The number of benzene rings is 1. The smallest absolute Gasteiger partial charge is 0.252 e. The molecule has 0 saturated carbocycles. The predicted octanol–water partition coefficient (Wildman–Crippen LogP) is 3.42. The summed E-state index contributed by atoms with van der Waals surface area (Å²) in [7, 11) is -1.90. The topological polar surface area (TPSA) is 75.7 Å². The van der Waals surface area contributed by atoms with Crippen molar-refractivity contribution in [2.24, 2.45) is 5.92 Å². The lowest BCUT2D eigenvalue weighted by Gasteiger charge is -2.31. The van der Waals surface area contributed by atoms with Gasteiger partial charge in [-0.25, -0.2) is 8.42 Å². The lowest BCUT2D eigenvalue weighted by atomic mass is 9.97. The van der Waals surface area contributed by atoms with Crippen LogP contribution in [0.5, 0.6) is 5.75 Å². The summed E-state index contributed by atoms with van der Waals surface area (Å²) in [5.41, 5.74) is 1.01. The van der Waals surface area contributed by atoms with Crippen molar-refractivity contribution in [1.29, 1.82) is 0 Å². The number of thiophene rings is 1. The fraction of sp³-hybridized carbons (Fsp3) is 0.450. The molecule has 1 amide bonds. The fourth-order valence-corrected chi connectivity index (χ4v) is 6.13. The molecule has 0 unspecified atom stereocenters. The Balaban J connectivity index is 1.67. The molecule has 0 radical (unpaired) electrons. The molecule has 1 aliphatic heterocycles. The van der Waals surface area contributed by atoms with Gasteiger partial charge in [0, 0.05) is 13.1 Å². The number of sulfonamides is 1. The highest BCUT2D eigenvalue weighted by Gasteiger charge is 2.34. The zero-order valence-corrected chi connectivity index (χ0v) is 17.8. The Bertz CT molecular complexity index is 879. The minimum absolute atomic E-state index is 0.0891. The Morgan fingerprint density at radius 3 is 2.68 bits per heavy atom. The second-order valence-corrected chi connectivity index (χ2v) is 9.99. The minimum Gasteiger partial charge on any atom is -0.497 e. The van der Waals surface area contributed by atoms with Gasteiger partial charge in [0.1, 0.15) is 9.96 Å². The first-order valence-corrected chi connectivity index (χ1v) is 11.8. The average molecular weight is 423 g/mol. The number of nitrogens with one attached hydrogen (secondary N) is 1. The molecule has 1 aliphatic rings. The van der Waals surface area contributed by atoms with Gasteiger partial charge in [-0.2, -0.15) is 4.31 Å². The predicted molar refractivity (Wildman–Crippen MR) is 110 cm³/mol. The van der Waals surface area contributed by atoms with Crippen LogP contribution in [-0.2, 0) is 14.8 Å². The van der Waals surface area contributed by atoms with Gasteiger partial charge in [-0.05, 0) is 48.4 Å². The number of hydrogen-bond donors (Lipinski definition) is 1. The summed E-state index contributed by atoms with van der Waals surface area (Å²) in [4.78, 5) is 12.9. The summed E-state index contributed by atoms with van der Waals surface area (Å²) in [5, 5.41) is 4.85. The van der Waals surface area contributed by atoms with Crippen LogP contribution >= 0.6 is 11.3 Å². The van der Waals surface area contributed by atoms with Crippen molar-refractivity contribution in [3.63, 3.8) is 0 Å². The molecular formula is C20H26N2O4S2. The van der Waals surface area contributed by atoms with Gasteiger partial charge in [0.15, 0.2) is 0 Å². The molecule has 2 heterocycles. The SMILES string of the molecule is CC[C@@H](NC(=O)[C@H]1CCCN(S(=O)(=O)c2cccs2)C1)c1ccc(OC)cc1. The van der Waals surface area contributed by atoms with Crippen molar-refractivity contribution in [2.75, 3.05) is 20.2 Å². The highest BCUT2D eigenvalue weighted by atomic mass is 32.2. The quantitative estimate of drug-likeness (QED) is 0.742. The number of ether oxygens (including phenoxy) is 1. The van der Waals surface area contributed by atoms with Gasteiger partial charge < -0.3 is 10.1 Å². The Morgan fingerprint density at radius 2 is 2.07 bits per heavy atom. The molecule has 0 spiro atoms. The summed E-state index contributed by atoms with van der Waals surface area (Å²) >= 11 is 1.21. The lowest BCUT2D eigenvalue weighted by molar-refractivity contribution is -0.126. The Labute approximate surface area is 170 Å². The van der Waals surface area contributed by atoms with Crippen LogP contribution in [-0.4, -0.2) is 38.8 Å². The van der Waals surface area contributed by atoms with Crippen molar-refractivity contribution in [1.82, 2.24) is 9.62 Å². The molecule has 152 valence electrons. The normalized spacial score (nSPS) is 19.1. The van der Waals surface area contributed by atoms with Gasteiger partial charge in [0.05, 0.1) is 19.1 Å². The number of carbonyl (C=O) groups excluding carboxylic acids is 1. The number of methoxy groups -OCH3 is 1. The minimum atomic E-state index is -3.52. The molecule has 0 bridgehead atoms. The molecule has 3 rings (SSSR count). The third-order valence-electron chi connectivity index (χ3n) is 5.09. The molecule has 1 fully saturated rings. The van der Waals surface area contributed by atoms with Gasteiger partial charge in [-0.1, -0.05) is 25.1 Å². The van der Waals surface area contributed by atoms with Gasteiger partial charge in [-0.15, -0.1) is 11.3 Å². The van der Waals surface area contributed by atoms with Gasteiger partial charge in [0.25, 0.3) is 10.0 Å². The molecule has 1 N–H and O–H groups in total. The standard InChI is InChI=1S/C20H26N2O4S2/c1-3-18(15-8-10-17(26-2)11-9-15)21-20(23)16-6-4-12-22(14-16)28(24,25)19-7-5-13-27-19/h5,7-11,13,16,18H,3-4,6,12,14H2,1-2H3,(H,21,23)/t16-,18+/m0/s1. The zero-order chi connectivity index (χ0) is 20.1. The van der Waals surface area contributed by atoms with E-state index in [1.54, 1.807) is 24.6 Å². The Morgan fingerprint density at radius 1 is 1.32 bits per heavy atom. The van der Waals surface area contributed by atoms with Gasteiger partial charge in [0.2, 0.25) is 5.91 Å². The van der Waals surface area contributed by atoms with Crippen LogP contribution in [0, 0.1) is 5.92 Å². The van der Waals surface area contributed by atoms with Crippen LogP contribution < -0.4 is 10.1 Å². The van der Waals surface area contributed by atoms with Crippen LogP contribution in [0.15, 0.2) is 46.0 Å². The van der Waals surface area contributed by atoms with E-state index >= 15 is 0 Å². The van der Waals surface area contributed by atoms with E-state index in [2.05, 4.69) is 5.32 Å². The zero-order valence-electron chi connectivity index (χ0n) is 16.1. The van der Waals surface area contributed by atoms with E-state index < -0.39 is 10.0 Å². The highest BCUT2D eigenvalue weighted by molar-refractivity contribution is 7.91. The molecular weight excluding hydrogens is 396 g/mol. The lowest BCUT2D eigenvalue weighted by Crippen LogP contribution is -2.45. The first-order chi connectivity index (χ1) is 13.5. The molecule has 6 nitrogen and oxygen atoms in total. The molecule has 8 heteroatoms. The van der Waals surface area contributed by atoms with E-state index in [4.69, 9.17) is 4.74 Å². The molecule has 28 heavy (non-hydrogen) atoms. The van der Waals surface area contributed by atoms with Crippen LogP contribution in [0.3, 0.4) is 0 Å². The van der Waals surface area contributed by atoms with Gasteiger partial charge in [-0.3, -0.25) is 4.79 Å². The fourth-order valence-electron chi connectivity index (χ4n) is 3.46. The second kappa shape index (κ2) is 9.07. The monoisotopic (exact) mass is 422 g/mol. The Hall–Kier alpha value is -1.90. The summed E-state index contributed by atoms with van der Waals surface area (Å²) in [6.07, 6.45) is 2.13. The average Bonchev–Trinajstić information content (AvgIpc) is 3.28. The first-order valence-electron chi connectivity index (χ1n) is 9.43. The number of carbonyl (C=O) groups is 1. The van der Waals surface area contributed by atoms with Crippen molar-refractivity contribution in [3.8, 4) is 5.75 Å². The summed E-state index contributed by atoms with van der Waals surface area (Å²) in [5.74, 6) is 0.344. The number of piperidine rings is 1. The van der Waals surface area contributed by atoms with E-state index in [1.807, 2.05) is 31.2 Å². The summed E-state index contributed by atoms with van der Waals surface area (Å²) < 4.78 is 32.5. The molecule has 2 aromatic rings. The Kier molecular flexibility index (Phi) is 6.74. The summed E-state index contributed by atoms with van der Waals surface area (Å²) in [6, 6.07) is 10.9. The van der Waals surface area contributed by atoms with Crippen LogP contribution in [0.2, 0.25) is 0 Å². The third kappa shape index (κ3) is 4.56. The maximum Gasteiger partial charge on any atom is 0.252 e. The van der Waals surface area contributed by atoms with Crippen molar-refractivity contribution < 1.29 is 17.9 Å². The third-order valence-corrected chi connectivity index (χ3v) is 8.33. The van der Waals surface area contributed by atoms with Crippen LogP contribution in [0.1, 0.15) is 37.8 Å². The number of amides is 1. The van der Waals surface area contributed by atoms with E-state index in [-0.39, 0.29) is 24.4 Å². The molecule has 0 aliphatic carbocycles. The number of rotatable bonds is 7. The highest BCUT2D eigenvalue weighted by Crippen LogP contribution is 2.27. The van der Waals surface area contributed by atoms with E-state index in [0.717, 1.165) is 17.7 Å². The first kappa shape index (κ1) is 20.8. The van der Waals surface area contributed by atoms with E-state index in [1.165, 1.54) is 15.6 Å². The van der Waals surface area contributed by atoms with Gasteiger partial charge >= 0.3 is 0 Å². The maximum absolute atomic E-state index is 12.9. The molecule has 1 aromatic carbocycles. The van der Waals surface area contributed by atoms with Crippen LogP contribution in [0.25, 0.3) is 0 Å². The van der Waals surface area contributed by atoms with Crippen molar-refractivity contribution >= 4 is 27.3 Å². The van der Waals surface area contributed by atoms with Crippen LogP contribution in [0.4, 0.5) is 0 Å². The largest absolute Gasteiger partial charge is 0.497 e. The van der Waals surface area contributed by atoms with E-state index in [0.29, 0.717) is 23.6 Å². The molecule has 1 saturated heterocycles. The molecule has 1 aromatic heterocycles. The van der Waals surface area contributed by atoms with E-state index in [9.17, 15) is 13.2 Å². The van der Waals surface area contributed by atoms with Crippen molar-refractivity contribution in [3.05, 3.63) is 47.3 Å².